The van der Waals surface area contributed by atoms with E-state index in [-0.39, 0.29) is 17.5 Å². The molecule has 0 spiro atoms. The number of hydrazone groups is 1. The van der Waals surface area contributed by atoms with Crippen LogP contribution in [-0.4, -0.2) is 66.5 Å². The van der Waals surface area contributed by atoms with Crippen LogP contribution in [0.1, 0.15) is 37.8 Å². The fourth-order valence-corrected chi connectivity index (χ4v) is 5.17. The average molecular weight is 465 g/mol. The molecule has 0 N–H and O–H groups in total. The molecule has 0 unspecified atom stereocenters. The molecule has 6 nitrogen and oxygen atoms in total. The van der Waals surface area contributed by atoms with Crippen LogP contribution in [0.5, 0.6) is 0 Å². The lowest BCUT2D eigenvalue weighted by Crippen LogP contribution is -2.48. The zero-order valence-electron chi connectivity index (χ0n) is 20.3. The summed E-state index contributed by atoms with van der Waals surface area (Å²) in [7, 11) is 0. The molecule has 1 saturated heterocycles. The van der Waals surface area contributed by atoms with Crippen molar-refractivity contribution in [2.45, 2.75) is 39.0 Å². The van der Waals surface area contributed by atoms with Crippen LogP contribution in [0, 0.1) is 12.7 Å². The highest BCUT2D eigenvalue weighted by molar-refractivity contribution is 6.43. The van der Waals surface area contributed by atoms with Crippen LogP contribution in [-0.2, 0) is 15.0 Å². The van der Waals surface area contributed by atoms with Crippen LogP contribution < -0.4 is 5.01 Å². The quantitative estimate of drug-likeness (QED) is 0.626. The van der Waals surface area contributed by atoms with E-state index in [4.69, 9.17) is 0 Å². The van der Waals surface area contributed by atoms with Gasteiger partial charge < -0.3 is 4.90 Å². The first kappa shape index (κ1) is 24.1. The summed E-state index contributed by atoms with van der Waals surface area (Å²) in [6.45, 7) is 9.59. The standard InChI is InChI=1S/C27H33FN4O2/c1-20-10-11-24(28)25(18-20)32-19-27(26(29-32)21(2)33,23-8-5-4-6-9-23)12-7-13-30-14-16-31(17-15-30)22(3)34/h4-6,8-11,18H,7,12-17,19H2,1-3H3/t27-/m0/s1. The summed E-state index contributed by atoms with van der Waals surface area (Å²) < 4.78 is 14.8. The maximum absolute atomic E-state index is 14.8. The van der Waals surface area contributed by atoms with Crippen molar-refractivity contribution in [1.82, 2.24) is 9.80 Å². The molecule has 34 heavy (non-hydrogen) atoms. The highest BCUT2D eigenvalue weighted by Crippen LogP contribution is 2.40. The van der Waals surface area contributed by atoms with E-state index in [1.54, 1.807) is 31.0 Å². The van der Waals surface area contributed by atoms with Gasteiger partial charge in [0.2, 0.25) is 5.91 Å². The molecule has 1 fully saturated rings. The smallest absolute Gasteiger partial charge is 0.219 e. The molecule has 180 valence electrons. The molecule has 2 heterocycles. The molecule has 0 aliphatic carbocycles. The minimum absolute atomic E-state index is 0.0884. The zero-order valence-corrected chi connectivity index (χ0v) is 20.3. The van der Waals surface area contributed by atoms with Gasteiger partial charge in [-0.3, -0.25) is 19.5 Å². The van der Waals surface area contributed by atoms with Crippen LogP contribution in [0.2, 0.25) is 0 Å². The summed E-state index contributed by atoms with van der Waals surface area (Å²) in [6, 6.07) is 15.0. The van der Waals surface area contributed by atoms with Crippen molar-refractivity contribution in [1.29, 1.82) is 0 Å². The number of rotatable bonds is 7. The molecular weight excluding hydrogens is 431 g/mol. The predicted molar refractivity (Wildman–Crippen MR) is 133 cm³/mol. The zero-order chi connectivity index (χ0) is 24.3. The van der Waals surface area contributed by atoms with E-state index in [9.17, 15) is 14.0 Å². The second-order valence-corrected chi connectivity index (χ2v) is 9.42. The number of hydrogen-bond acceptors (Lipinski definition) is 5. The van der Waals surface area contributed by atoms with Crippen molar-refractivity contribution in [2.75, 3.05) is 44.3 Å². The Morgan fingerprint density at radius 3 is 2.38 bits per heavy atom. The molecule has 2 aromatic carbocycles. The van der Waals surface area contributed by atoms with E-state index in [1.165, 1.54) is 6.07 Å². The third kappa shape index (κ3) is 4.89. The predicted octanol–water partition coefficient (Wildman–Crippen LogP) is 3.78. The van der Waals surface area contributed by atoms with Gasteiger partial charge in [-0.25, -0.2) is 4.39 Å². The monoisotopic (exact) mass is 464 g/mol. The Morgan fingerprint density at radius 2 is 1.74 bits per heavy atom. The van der Waals surface area contributed by atoms with Gasteiger partial charge in [-0.2, -0.15) is 5.10 Å². The lowest BCUT2D eigenvalue weighted by Gasteiger charge is -2.35. The number of aryl methyl sites for hydroxylation is 1. The van der Waals surface area contributed by atoms with Crippen molar-refractivity contribution < 1.29 is 14.0 Å². The van der Waals surface area contributed by atoms with Crippen molar-refractivity contribution in [3.63, 3.8) is 0 Å². The highest BCUT2D eigenvalue weighted by atomic mass is 19.1. The normalized spacial score (nSPS) is 21.0. The number of carbonyl (C=O) groups excluding carboxylic acids is 2. The number of hydrogen-bond donors (Lipinski definition) is 0. The summed E-state index contributed by atoms with van der Waals surface area (Å²) >= 11 is 0. The van der Waals surface area contributed by atoms with E-state index in [2.05, 4.69) is 10.0 Å². The lowest BCUT2D eigenvalue weighted by atomic mass is 9.72. The Labute approximate surface area is 201 Å². The minimum atomic E-state index is -0.607. The van der Waals surface area contributed by atoms with Crippen LogP contribution in [0.15, 0.2) is 53.6 Å². The second-order valence-electron chi connectivity index (χ2n) is 9.42. The molecule has 2 aromatic rings. The Bertz CT molecular complexity index is 1080. The number of carbonyl (C=O) groups is 2. The molecule has 4 rings (SSSR count). The van der Waals surface area contributed by atoms with Crippen molar-refractivity contribution >= 4 is 23.1 Å². The van der Waals surface area contributed by atoms with Crippen molar-refractivity contribution in [2.24, 2.45) is 5.10 Å². The molecule has 2 aliphatic heterocycles. The Morgan fingerprint density at radius 1 is 1.03 bits per heavy atom. The maximum atomic E-state index is 14.8. The first-order chi connectivity index (χ1) is 16.3. The third-order valence-corrected chi connectivity index (χ3v) is 7.03. The van der Waals surface area contributed by atoms with Gasteiger partial charge in [-0.15, -0.1) is 0 Å². The minimum Gasteiger partial charge on any atom is -0.340 e. The van der Waals surface area contributed by atoms with Gasteiger partial charge in [0.25, 0.3) is 0 Å². The molecular formula is C27H33FN4O2. The van der Waals surface area contributed by atoms with Gasteiger partial charge in [0.15, 0.2) is 5.78 Å². The van der Waals surface area contributed by atoms with E-state index in [0.29, 0.717) is 17.9 Å². The summed E-state index contributed by atoms with van der Waals surface area (Å²) in [6.07, 6.45) is 1.59. The molecule has 7 heteroatoms. The van der Waals surface area contributed by atoms with Gasteiger partial charge in [0.05, 0.1) is 17.6 Å². The number of benzene rings is 2. The average Bonchev–Trinajstić information content (AvgIpc) is 3.22. The van der Waals surface area contributed by atoms with E-state index < -0.39 is 5.41 Å². The van der Waals surface area contributed by atoms with Gasteiger partial charge in [0, 0.05) is 40.0 Å². The topological polar surface area (TPSA) is 56.2 Å². The molecule has 1 amide bonds. The number of amides is 1. The maximum Gasteiger partial charge on any atom is 0.219 e. The molecule has 0 aromatic heterocycles. The van der Waals surface area contributed by atoms with Crippen LogP contribution in [0.25, 0.3) is 0 Å². The van der Waals surface area contributed by atoms with Gasteiger partial charge in [0.1, 0.15) is 11.5 Å². The molecule has 0 saturated carbocycles. The fourth-order valence-electron chi connectivity index (χ4n) is 5.17. The molecule has 0 radical (unpaired) electrons. The molecule has 0 bridgehead atoms. The van der Waals surface area contributed by atoms with Gasteiger partial charge >= 0.3 is 0 Å². The Hall–Kier alpha value is -3.06. The van der Waals surface area contributed by atoms with Crippen LogP contribution >= 0.6 is 0 Å². The highest BCUT2D eigenvalue weighted by Gasteiger charge is 2.46. The Kier molecular flexibility index (Phi) is 7.12. The number of Topliss-reactive ketones (excluding diaryl/α,β-unsaturated/α-hetero) is 1. The number of ketones is 1. The number of piperazine rings is 1. The van der Waals surface area contributed by atoms with Gasteiger partial charge in [-0.05, 0) is 49.6 Å². The summed E-state index contributed by atoms with van der Waals surface area (Å²) in [5.41, 5.74) is 2.25. The van der Waals surface area contributed by atoms with E-state index in [0.717, 1.165) is 56.7 Å². The fraction of sp³-hybridized carbons (Fsp3) is 0.444. The van der Waals surface area contributed by atoms with E-state index >= 15 is 0 Å². The third-order valence-electron chi connectivity index (χ3n) is 7.03. The van der Waals surface area contributed by atoms with Crippen LogP contribution in [0.3, 0.4) is 0 Å². The summed E-state index contributed by atoms with van der Waals surface area (Å²) in [5, 5.41) is 6.35. The SMILES string of the molecule is CC(=O)C1=NN(c2cc(C)ccc2F)C[C@@]1(CCCN1CCN(C(C)=O)CC1)c1ccccc1. The lowest BCUT2D eigenvalue weighted by molar-refractivity contribution is -0.130. The first-order valence-electron chi connectivity index (χ1n) is 12.0. The number of anilines is 1. The van der Waals surface area contributed by atoms with Crippen molar-refractivity contribution in [3.05, 3.63) is 65.5 Å². The summed E-state index contributed by atoms with van der Waals surface area (Å²) in [5.74, 6) is -0.307. The Balaban J connectivity index is 1.58. The molecule has 2 aliphatic rings. The van der Waals surface area contributed by atoms with Crippen LogP contribution in [0.4, 0.5) is 10.1 Å². The second kappa shape index (κ2) is 10.1. The summed E-state index contributed by atoms with van der Waals surface area (Å²) in [4.78, 5) is 28.7. The van der Waals surface area contributed by atoms with E-state index in [1.807, 2.05) is 42.2 Å². The van der Waals surface area contributed by atoms with Gasteiger partial charge in [-0.1, -0.05) is 36.4 Å². The first-order valence-corrected chi connectivity index (χ1v) is 12.0. The van der Waals surface area contributed by atoms with Crippen molar-refractivity contribution in [3.8, 4) is 0 Å². The largest absolute Gasteiger partial charge is 0.340 e. The number of nitrogens with zero attached hydrogens (tertiary/aromatic N) is 4. The molecule has 1 atom stereocenters. The number of halogens is 1.